The fourth-order valence-electron chi connectivity index (χ4n) is 1.08. The van der Waals surface area contributed by atoms with Gasteiger partial charge in [0, 0.05) is 22.9 Å². The molecule has 0 spiro atoms. The Morgan fingerprint density at radius 1 is 1.19 bits per heavy atom. The van der Waals surface area contributed by atoms with Gasteiger partial charge in [0.2, 0.25) is 0 Å². The molecule has 0 aromatic heterocycles. The second-order valence-corrected chi connectivity index (χ2v) is 5.32. The van der Waals surface area contributed by atoms with E-state index in [1.54, 1.807) is 0 Å². The number of thioether (sulfide) groups is 2. The van der Waals surface area contributed by atoms with Crippen LogP contribution in [0, 0.1) is 0 Å². The number of halogens is 3. The molecular formula is C10H12F3NS2. The average Bonchev–Trinajstić information content (AvgIpc) is 2.23. The van der Waals surface area contributed by atoms with Crippen LogP contribution in [-0.2, 0) is 6.54 Å². The van der Waals surface area contributed by atoms with Crippen molar-refractivity contribution in [2.45, 2.75) is 16.9 Å². The second kappa shape index (κ2) is 6.42. The molecule has 90 valence electrons. The Hall–Kier alpha value is -0.330. The van der Waals surface area contributed by atoms with Crippen LogP contribution in [0.2, 0.25) is 0 Å². The largest absolute Gasteiger partial charge is 0.441 e. The van der Waals surface area contributed by atoms with Crippen LogP contribution < -0.4 is 5.73 Å². The molecule has 16 heavy (non-hydrogen) atoms. The lowest BCUT2D eigenvalue weighted by Gasteiger charge is -2.06. The summed E-state index contributed by atoms with van der Waals surface area (Å²) in [6.45, 7) is 0.450. The van der Waals surface area contributed by atoms with Crippen molar-refractivity contribution in [2.24, 2.45) is 5.73 Å². The molecule has 0 atom stereocenters. The first-order valence-electron chi connectivity index (χ1n) is 4.64. The van der Waals surface area contributed by atoms with Crippen molar-refractivity contribution < 1.29 is 13.2 Å². The van der Waals surface area contributed by atoms with Crippen LogP contribution in [0.3, 0.4) is 0 Å². The van der Waals surface area contributed by atoms with E-state index in [1.165, 1.54) is 11.8 Å². The van der Waals surface area contributed by atoms with Gasteiger partial charge >= 0.3 is 5.51 Å². The standard InChI is InChI=1S/C10H12F3NS2/c11-10(12,13)16-5-4-15-9-3-1-2-8(6-9)7-14/h1-3,6H,4-5,7,14H2. The summed E-state index contributed by atoms with van der Waals surface area (Å²) in [5.74, 6) is 0.513. The van der Waals surface area contributed by atoms with Gasteiger partial charge < -0.3 is 5.73 Å². The molecule has 0 aliphatic rings. The highest BCUT2D eigenvalue weighted by Crippen LogP contribution is 2.31. The third-order valence-corrected chi connectivity index (χ3v) is 3.74. The molecule has 0 saturated heterocycles. The Balaban J connectivity index is 2.32. The zero-order valence-electron chi connectivity index (χ0n) is 8.46. The minimum Gasteiger partial charge on any atom is -0.326 e. The second-order valence-electron chi connectivity index (χ2n) is 2.99. The molecule has 6 heteroatoms. The summed E-state index contributed by atoms with van der Waals surface area (Å²) in [5.41, 5.74) is 2.34. The van der Waals surface area contributed by atoms with Crippen LogP contribution in [-0.4, -0.2) is 17.0 Å². The normalized spacial score (nSPS) is 11.8. The summed E-state index contributed by atoms with van der Waals surface area (Å²) in [5, 5.41) is 0. The molecule has 0 aliphatic heterocycles. The Kier molecular flexibility index (Phi) is 5.51. The van der Waals surface area contributed by atoms with Crippen molar-refractivity contribution in [3.05, 3.63) is 29.8 Å². The average molecular weight is 267 g/mol. The molecule has 1 rings (SSSR count). The number of nitrogens with two attached hydrogens (primary N) is 1. The summed E-state index contributed by atoms with van der Waals surface area (Å²) in [6.07, 6.45) is 0. The van der Waals surface area contributed by atoms with Gasteiger partial charge in [-0.2, -0.15) is 13.2 Å². The predicted octanol–water partition coefficient (Wildman–Crippen LogP) is 3.49. The van der Waals surface area contributed by atoms with Crippen molar-refractivity contribution >= 4 is 23.5 Å². The van der Waals surface area contributed by atoms with Crippen LogP contribution in [0.25, 0.3) is 0 Å². The fourth-order valence-corrected chi connectivity index (χ4v) is 2.62. The Bertz CT molecular complexity index is 328. The minimum absolute atomic E-state index is 0.0172. The molecule has 2 N–H and O–H groups in total. The Labute approximate surface area is 101 Å². The molecule has 1 aromatic rings. The number of rotatable bonds is 5. The maximum absolute atomic E-state index is 11.8. The molecule has 0 aliphatic carbocycles. The van der Waals surface area contributed by atoms with Gasteiger partial charge in [-0.15, -0.1) is 11.8 Å². The summed E-state index contributed by atoms with van der Waals surface area (Å²) in [4.78, 5) is 0.964. The van der Waals surface area contributed by atoms with E-state index >= 15 is 0 Å². The van der Waals surface area contributed by atoms with Gasteiger partial charge in [-0.25, -0.2) is 0 Å². The van der Waals surface area contributed by atoms with Gasteiger partial charge in [0.25, 0.3) is 0 Å². The van der Waals surface area contributed by atoms with Crippen LogP contribution in [0.15, 0.2) is 29.2 Å². The highest BCUT2D eigenvalue weighted by molar-refractivity contribution is 8.03. The van der Waals surface area contributed by atoms with Crippen LogP contribution in [0.5, 0.6) is 0 Å². The lowest BCUT2D eigenvalue weighted by molar-refractivity contribution is -0.0326. The molecule has 1 aromatic carbocycles. The van der Waals surface area contributed by atoms with Crippen LogP contribution in [0.4, 0.5) is 13.2 Å². The molecule has 1 nitrogen and oxygen atoms in total. The maximum Gasteiger partial charge on any atom is 0.441 e. The van der Waals surface area contributed by atoms with Crippen molar-refractivity contribution in [3.8, 4) is 0 Å². The Morgan fingerprint density at radius 3 is 2.56 bits per heavy atom. The maximum atomic E-state index is 11.8. The third-order valence-electron chi connectivity index (χ3n) is 1.75. The highest BCUT2D eigenvalue weighted by atomic mass is 32.2. The molecule has 0 saturated carbocycles. The first-order chi connectivity index (χ1) is 7.51. The highest BCUT2D eigenvalue weighted by Gasteiger charge is 2.27. The smallest absolute Gasteiger partial charge is 0.326 e. The molecule has 0 unspecified atom stereocenters. The quantitative estimate of drug-likeness (QED) is 0.653. The van der Waals surface area contributed by atoms with Gasteiger partial charge in [-0.05, 0) is 17.7 Å². The van der Waals surface area contributed by atoms with E-state index in [0.717, 1.165) is 10.5 Å². The lowest BCUT2D eigenvalue weighted by Crippen LogP contribution is -2.02. The van der Waals surface area contributed by atoms with Gasteiger partial charge in [-0.1, -0.05) is 23.9 Å². The first-order valence-corrected chi connectivity index (χ1v) is 6.61. The summed E-state index contributed by atoms with van der Waals surface area (Å²) in [7, 11) is 0. The summed E-state index contributed by atoms with van der Waals surface area (Å²) >= 11 is 1.43. The lowest BCUT2D eigenvalue weighted by atomic mass is 10.2. The predicted molar refractivity (Wildman–Crippen MR) is 63.6 cm³/mol. The van der Waals surface area contributed by atoms with E-state index in [0.29, 0.717) is 12.3 Å². The van der Waals surface area contributed by atoms with E-state index in [4.69, 9.17) is 5.73 Å². The molecule has 0 radical (unpaired) electrons. The number of hydrogen-bond donors (Lipinski definition) is 1. The third kappa shape index (κ3) is 5.67. The molecule has 0 bridgehead atoms. The van der Waals surface area contributed by atoms with Gasteiger partial charge in [0.1, 0.15) is 0 Å². The molecule has 0 heterocycles. The monoisotopic (exact) mass is 267 g/mol. The van der Waals surface area contributed by atoms with Crippen LogP contribution in [0.1, 0.15) is 5.56 Å². The zero-order chi connectivity index (χ0) is 12.0. The van der Waals surface area contributed by atoms with Crippen molar-refractivity contribution in [2.75, 3.05) is 11.5 Å². The van der Waals surface area contributed by atoms with Gasteiger partial charge in [0.05, 0.1) is 0 Å². The fraction of sp³-hybridized carbons (Fsp3) is 0.400. The zero-order valence-corrected chi connectivity index (χ0v) is 10.1. The van der Waals surface area contributed by atoms with E-state index in [1.807, 2.05) is 24.3 Å². The van der Waals surface area contributed by atoms with Crippen molar-refractivity contribution in [1.29, 1.82) is 0 Å². The van der Waals surface area contributed by atoms with E-state index in [-0.39, 0.29) is 17.5 Å². The van der Waals surface area contributed by atoms with Crippen molar-refractivity contribution in [1.82, 2.24) is 0 Å². The number of benzene rings is 1. The van der Waals surface area contributed by atoms with Gasteiger partial charge in [0.15, 0.2) is 0 Å². The van der Waals surface area contributed by atoms with E-state index in [9.17, 15) is 13.2 Å². The van der Waals surface area contributed by atoms with Crippen molar-refractivity contribution in [3.63, 3.8) is 0 Å². The molecule has 0 fully saturated rings. The Morgan fingerprint density at radius 2 is 1.94 bits per heavy atom. The first kappa shape index (κ1) is 13.7. The molecule has 0 amide bonds. The topological polar surface area (TPSA) is 26.0 Å². The SMILES string of the molecule is NCc1cccc(SCCSC(F)(F)F)c1. The van der Waals surface area contributed by atoms with Gasteiger partial charge in [-0.3, -0.25) is 0 Å². The number of hydrogen-bond acceptors (Lipinski definition) is 3. The molecular weight excluding hydrogens is 255 g/mol. The minimum atomic E-state index is -4.13. The summed E-state index contributed by atoms with van der Waals surface area (Å²) in [6, 6.07) is 7.54. The van der Waals surface area contributed by atoms with E-state index < -0.39 is 5.51 Å². The summed E-state index contributed by atoms with van der Waals surface area (Å²) < 4.78 is 35.5. The van der Waals surface area contributed by atoms with E-state index in [2.05, 4.69) is 0 Å². The number of alkyl halides is 3. The van der Waals surface area contributed by atoms with Crippen LogP contribution >= 0.6 is 23.5 Å².